The molecule has 0 amide bonds. The van der Waals surface area contributed by atoms with Crippen molar-refractivity contribution in [3.8, 4) is 0 Å². The van der Waals surface area contributed by atoms with Crippen molar-refractivity contribution >= 4 is 17.3 Å². The molecule has 0 heterocycles. The molecule has 0 atom stereocenters. The van der Waals surface area contributed by atoms with E-state index < -0.39 is 0 Å². The van der Waals surface area contributed by atoms with Crippen LogP contribution >= 0.6 is 11.6 Å². The smallest absolute Gasteiger partial charge is 0.0370 e. The minimum absolute atomic E-state index is 0.568. The first-order valence-electron chi connectivity index (χ1n) is 7.33. The number of fused-ring (bicyclic) bond motifs is 1. The van der Waals surface area contributed by atoms with Crippen LogP contribution in [0, 0.1) is 0 Å². The van der Waals surface area contributed by atoms with E-state index >= 15 is 0 Å². The molecule has 0 bridgehead atoms. The maximum Gasteiger partial charge on any atom is 0.0370 e. The van der Waals surface area contributed by atoms with Crippen LogP contribution < -0.4 is 4.90 Å². The monoisotopic (exact) mass is 285 g/mol. The summed E-state index contributed by atoms with van der Waals surface area (Å²) in [5.41, 5.74) is 4.32. The number of anilines is 1. The molecule has 0 saturated carbocycles. The highest BCUT2D eigenvalue weighted by atomic mass is 35.5. The highest BCUT2D eigenvalue weighted by Crippen LogP contribution is 2.29. The van der Waals surface area contributed by atoms with E-state index in [1.807, 2.05) is 0 Å². The van der Waals surface area contributed by atoms with Gasteiger partial charge in [-0.3, -0.25) is 0 Å². The maximum absolute atomic E-state index is 5.90. The van der Waals surface area contributed by atoms with Gasteiger partial charge in [-0.05, 0) is 42.5 Å². The van der Waals surface area contributed by atoms with Gasteiger partial charge < -0.3 is 4.90 Å². The molecule has 0 aliphatic heterocycles. The van der Waals surface area contributed by atoms with Gasteiger partial charge in [-0.1, -0.05) is 42.5 Å². The molecule has 3 rings (SSSR count). The fourth-order valence-electron chi connectivity index (χ4n) is 3.13. The normalized spacial score (nSPS) is 14.2. The minimum Gasteiger partial charge on any atom is -0.368 e. The van der Waals surface area contributed by atoms with Gasteiger partial charge in [0.2, 0.25) is 0 Å². The lowest BCUT2D eigenvalue weighted by molar-refractivity contribution is 0.611. The number of alkyl halides is 1. The van der Waals surface area contributed by atoms with Crippen LogP contribution in [0.3, 0.4) is 0 Å². The lowest BCUT2D eigenvalue weighted by atomic mass is 10.1. The van der Waals surface area contributed by atoms with Crippen LogP contribution in [-0.4, -0.2) is 18.5 Å². The average molecular weight is 286 g/mol. The van der Waals surface area contributed by atoms with Gasteiger partial charge in [0, 0.05) is 24.2 Å². The Labute approximate surface area is 126 Å². The van der Waals surface area contributed by atoms with E-state index in [0.29, 0.717) is 6.04 Å². The summed E-state index contributed by atoms with van der Waals surface area (Å²) >= 11 is 5.90. The Bertz CT molecular complexity index is 527. The van der Waals surface area contributed by atoms with E-state index in [1.54, 1.807) is 0 Å². The van der Waals surface area contributed by atoms with Gasteiger partial charge in [0.25, 0.3) is 0 Å². The third kappa shape index (κ3) is 2.83. The van der Waals surface area contributed by atoms with Crippen LogP contribution in [-0.2, 0) is 12.8 Å². The largest absolute Gasteiger partial charge is 0.368 e. The first kappa shape index (κ1) is 13.5. The van der Waals surface area contributed by atoms with Crippen molar-refractivity contribution in [2.24, 2.45) is 0 Å². The summed E-state index contributed by atoms with van der Waals surface area (Å²) in [5.74, 6) is 0.725. The van der Waals surface area contributed by atoms with Crippen LogP contribution in [0.4, 0.5) is 5.69 Å². The van der Waals surface area contributed by atoms with Crippen molar-refractivity contribution in [2.75, 3.05) is 17.3 Å². The summed E-state index contributed by atoms with van der Waals surface area (Å²) < 4.78 is 0. The van der Waals surface area contributed by atoms with E-state index in [0.717, 1.165) is 31.7 Å². The van der Waals surface area contributed by atoms with Crippen molar-refractivity contribution in [1.82, 2.24) is 0 Å². The third-order valence-electron chi connectivity index (χ3n) is 4.09. The standard InChI is InChI=1S/C18H20ClN/c19-11-6-12-20(17-9-2-1-3-10-17)18-13-15-7-4-5-8-16(15)14-18/h1-5,7-10,18H,6,11-14H2. The molecule has 1 aliphatic carbocycles. The summed E-state index contributed by atoms with van der Waals surface area (Å²) in [5, 5.41) is 0. The Balaban J connectivity index is 1.81. The fourth-order valence-corrected chi connectivity index (χ4v) is 3.25. The fraction of sp³-hybridized carbons (Fsp3) is 0.333. The van der Waals surface area contributed by atoms with E-state index in [1.165, 1.54) is 16.8 Å². The zero-order valence-corrected chi connectivity index (χ0v) is 12.4. The van der Waals surface area contributed by atoms with Crippen molar-refractivity contribution < 1.29 is 0 Å². The number of hydrogen-bond donors (Lipinski definition) is 0. The van der Waals surface area contributed by atoms with E-state index in [4.69, 9.17) is 11.6 Å². The molecule has 0 aromatic heterocycles. The van der Waals surface area contributed by atoms with Crippen molar-refractivity contribution in [2.45, 2.75) is 25.3 Å². The van der Waals surface area contributed by atoms with Crippen molar-refractivity contribution in [3.63, 3.8) is 0 Å². The highest BCUT2D eigenvalue weighted by molar-refractivity contribution is 6.17. The molecular weight excluding hydrogens is 266 g/mol. The Morgan fingerprint density at radius 2 is 1.50 bits per heavy atom. The van der Waals surface area contributed by atoms with E-state index in [-0.39, 0.29) is 0 Å². The second kappa shape index (κ2) is 6.32. The zero-order chi connectivity index (χ0) is 13.8. The number of para-hydroxylation sites is 1. The zero-order valence-electron chi connectivity index (χ0n) is 11.6. The Hall–Kier alpha value is -1.47. The topological polar surface area (TPSA) is 3.24 Å². The number of hydrogen-bond acceptors (Lipinski definition) is 1. The predicted octanol–water partition coefficient (Wildman–Crippen LogP) is 4.29. The molecule has 0 unspecified atom stereocenters. The lowest BCUT2D eigenvalue weighted by Gasteiger charge is -2.31. The van der Waals surface area contributed by atoms with Gasteiger partial charge in [0.05, 0.1) is 0 Å². The highest BCUT2D eigenvalue weighted by Gasteiger charge is 2.26. The van der Waals surface area contributed by atoms with Gasteiger partial charge in [-0.2, -0.15) is 0 Å². The molecule has 2 aromatic carbocycles. The Morgan fingerprint density at radius 1 is 0.900 bits per heavy atom. The third-order valence-corrected chi connectivity index (χ3v) is 4.36. The molecule has 20 heavy (non-hydrogen) atoms. The molecule has 0 N–H and O–H groups in total. The van der Waals surface area contributed by atoms with Crippen LogP contribution in [0.5, 0.6) is 0 Å². The molecule has 0 spiro atoms. The molecule has 104 valence electrons. The van der Waals surface area contributed by atoms with E-state index in [2.05, 4.69) is 59.5 Å². The predicted molar refractivity (Wildman–Crippen MR) is 86.8 cm³/mol. The summed E-state index contributed by atoms with van der Waals surface area (Å²) in [6.07, 6.45) is 3.32. The lowest BCUT2D eigenvalue weighted by Crippen LogP contribution is -2.37. The molecule has 1 aliphatic rings. The molecule has 0 saturated heterocycles. The Morgan fingerprint density at radius 3 is 2.10 bits per heavy atom. The second-order valence-corrected chi connectivity index (χ2v) is 5.78. The average Bonchev–Trinajstić information content (AvgIpc) is 2.92. The quantitative estimate of drug-likeness (QED) is 0.741. The van der Waals surface area contributed by atoms with Gasteiger partial charge in [0.15, 0.2) is 0 Å². The number of halogens is 1. The summed E-state index contributed by atoms with van der Waals surface area (Å²) in [6, 6.07) is 20.1. The van der Waals surface area contributed by atoms with Crippen LogP contribution in [0.15, 0.2) is 54.6 Å². The number of benzene rings is 2. The van der Waals surface area contributed by atoms with Crippen LogP contribution in [0.1, 0.15) is 17.5 Å². The summed E-state index contributed by atoms with van der Waals surface area (Å²) in [4.78, 5) is 2.53. The summed E-state index contributed by atoms with van der Waals surface area (Å²) in [7, 11) is 0. The SMILES string of the molecule is ClCCCN(c1ccccc1)C1Cc2ccccc2C1. The molecule has 1 nitrogen and oxygen atoms in total. The van der Waals surface area contributed by atoms with Gasteiger partial charge in [0.1, 0.15) is 0 Å². The molecule has 0 radical (unpaired) electrons. The summed E-state index contributed by atoms with van der Waals surface area (Å²) in [6.45, 7) is 1.03. The van der Waals surface area contributed by atoms with Crippen molar-refractivity contribution in [1.29, 1.82) is 0 Å². The maximum atomic E-state index is 5.90. The molecular formula is C18H20ClN. The van der Waals surface area contributed by atoms with Gasteiger partial charge in [-0.15, -0.1) is 11.6 Å². The molecule has 2 aromatic rings. The Kier molecular flexibility index (Phi) is 4.27. The minimum atomic E-state index is 0.568. The first-order chi connectivity index (χ1) is 9.88. The number of nitrogens with zero attached hydrogens (tertiary/aromatic N) is 1. The van der Waals surface area contributed by atoms with Gasteiger partial charge in [-0.25, -0.2) is 0 Å². The second-order valence-electron chi connectivity index (χ2n) is 5.40. The van der Waals surface area contributed by atoms with Crippen molar-refractivity contribution in [3.05, 3.63) is 65.7 Å². The van der Waals surface area contributed by atoms with E-state index in [9.17, 15) is 0 Å². The van der Waals surface area contributed by atoms with Gasteiger partial charge >= 0.3 is 0 Å². The molecule has 0 fully saturated rings. The van der Waals surface area contributed by atoms with Crippen LogP contribution in [0.25, 0.3) is 0 Å². The molecule has 2 heteroatoms. The first-order valence-corrected chi connectivity index (χ1v) is 7.86. The van der Waals surface area contributed by atoms with Crippen LogP contribution in [0.2, 0.25) is 0 Å². The number of rotatable bonds is 5.